The number of rotatable bonds is 2. The summed E-state index contributed by atoms with van der Waals surface area (Å²) in [5, 5.41) is 3.60. The Kier molecular flexibility index (Phi) is 3.21. The smallest absolute Gasteiger partial charge is 0.0346 e. The van der Waals surface area contributed by atoms with Crippen molar-refractivity contribution in [2.45, 2.75) is 56.9 Å². The molecule has 0 unspecified atom stereocenters. The van der Waals surface area contributed by atoms with Gasteiger partial charge in [0, 0.05) is 25.2 Å². The second kappa shape index (κ2) is 4.66. The summed E-state index contributed by atoms with van der Waals surface area (Å²) in [6.07, 6.45) is 11.8. The summed E-state index contributed by atoms with van der Waals surface area (Å²) >= 11 is 0. The molecular formula is C14H26N2. The minimum Gasteiger partial charge on any atom is -0.315 e. The van der Waals surface area contributed by atoms with Crippen molar-refractivity contribution in [3.8, 4) is 0 Å². The van der Waals surface area contributed by atoms with Gasteiger partial charge in [0.05, 0.1) is 0 Å². The molecule has 2 saturated heterocycles. The molecular weight excluding hydrogens is 196 g/mol. The molecule has 0 aromatic carbocycles. The predicted octanol–water partition coefficient (Wildman–Crippen LogP) is 2.39. The van der Waals surface area contributed by atoms with Gasteiger partial charge in [-0.1, -0.05) is 19.3 Å². The van der Waals surface area contributed by atoms with Crippen molar-refractivity contribution >= 4 is 0 Å². The standard InChI is InChI=1S/C14H26N2/c1-2-5-13(6-3-1)11-16-10-8-14(16)7-4-9-15-12-14/h13,15H,1-12H2/t14-/m0/s1. The Morgan fingerprint density at radius 2 is 1.94 bits per heavy atom. The van der Waals surface area contributed by atoms with Gasteiger partial charge in [-0.25, -0.2) is 0 Å². The van der Waals surface area contributed by atoms with E-state index in [1.54, 1.807) is 0 Å². The van der Waals surface area contributed by atoms with Crippen LogP contribution < -0.4 is 5.32 Å². The van der Waals surface area contributed by atoms with E-state index in [9.17, 15) is 0 Å². The van der Waals surface area contributed by atoms with Crippen molar-refractivity contribution in [3.05, 3.63) is 0 Å². The molecule has 0 aromatic rings. The first-order chi connectivity index (χ1) is 7.89. The van der Waals surface area contributed by atoms with Crippen molar-refractivity contribution in [2.75, 3.05) is 26.2 Å². The van der Waals surface area contributed by atoms with Crippen molar-refractivity contribution in [1.29, 1.82) is 0 Å². The molecule has 0 amide bonds. The van der Waals surface area contributed by atoms with Crippen LogP contribution in [0.25, 0.3) is 0 Å². The maximum Gasteiger partial charge on any atom is 0.0346 e. The van der Waals surface area contributed by atoms with E-state index in [2.05, 4.69) is 10.2 Å². The minimum atomic E-state index is 0.593. The van der Waals surface area contributed by atoms with E-state index in [-0.39, 0.29) is 0 Å². The number of likely N-dealkylation sites (tertiary alicyclic amines) is 1. The lowest BCUT2D eigenvalue weighted by Crippen LogP contribution is -2.67. The van der Waals surface area contributed by atoms with Gasteiger partial charge in [0.1, 0.15) is 0 Å². The lowest BCUT2D eigenvalue weighted by atomic mass is 9.76. The van der Waals surface area contributed by atoms with Gasteiger partial charge < -0.3 is 5.32 Å². The molecule has 1 spiro atoms. The van der Waals surface area contributed by atoms with Gasteiger partial charge in [-0.05, 0) is 44.6 Å². The molecule has 3 rings (SSSR count). The lowest BCUT2D eigenvalue weighted by molar-refractivity contribution is -0.0451. The molecule has 1 saturated carbocycles. The first-order valence-corrected chi connectivity index (χ1v) is 7.35. The van der Waals surface area contributed by atoms with Crippen LogP contribution in [0.3, 0.4) is 0 Å². The van der Waals surface area contributed by atoms with Crippen molar-refractivity contribution < 1.29 is 0 Å². The molecule has 2 heteroatoms. The quantitative estimate of drug-likeness (QED) is 0.772. The normalized spacial score (nSPS) is 37.5. The molecule has 16 heavy (non-hydrogen) atoms. The van der Waals surface area contributed by atoms with E-state index in [0.717, 1.165) is 5.92 Å². The molecule has 92 valence electrons. The molecule has 0 bridgehead atoms. The molecule has 1 aliphatic carbocycles. The molecule has 0 radical (unpaired) electrons. The summed E-state index contributed by atoms with van der Waals surface area (Å²) in [6, 6.07) is 0. The van der Waals surface area contributed by atoms with Crippen LogP contribution in [0.5, 0.6) is 0 Å². The monoisotopic (exact) mass is 222 g/mol. The Morgan fingerprint density at radius 1 is 1.06 bits per heavy atom. The van der Waals surface area contributed by atoms with Gasteiger partial charge in [0.25, 0.3) is 0 Å². The molecule has 1 atom stereocenters. The minimum absolute atomic E-state index is 0.593. The van der Waals surface area contributed by atoms with E-state index in [0.29, 0.717) is 5.54 Å². The fourth-order valence-corrected chi connectivity index (χ4v) is 3.99. The molecule has 0 aromatic heterocycles. The van der Waals surface area contributed by atoms with Crippen LogP contribution in [0.15, 0.2) is 0 Å². The highest BCUT2D eigenvalue weighted by Crippen LogP contribution is 2.38. The Balaban J connectivity index is 1.54. The van der Waals surface area contributed by atoms with Crippen molar-refractivity contribution in [1.82, 2.24) is 10.2 Å². The van der Waals surface area contributed by atoms with Gasteiger partial charge in [-0.3, -0.25) is 4.90 Å². The fraction of sp³-hybridized carbons (Fsp3) is 1.00. The van der Waals surface area contributed by atoms with Gasteiger partial charge in [-0.2, -0.15) is 0 Å². The third kappa shape index (κ3) is 2.02. The fourth-order valence-electron chi connectivity index (χ4n) is 3.99. The molecule has 3 fully saturated rings. The van der Waals surface area contributed by atoms with Crippen molar-refractivity contribution in [2.24, 2.45) is 5.92 Å². The van der Waals surface area contributed by atoms with Gasteiger partial charge >= 0.3 is 0 Å². The van der Waals surface area contributed by atoms with Crippen LogP contribution in [0.2, 0.25) is 0 Å². The van der Waals surface area contributed by atoms with E-state index >= 15 is 0 Å². The summed E-state index contributed by atoms with van der Waals surface area (Å²) in [5.74, 6) is 1.02. The SMILES string of the molecule is C1CCC(CN2CC[C@]23CCCNC3)CC1. The molecule has 2 aliphatic heterocycles. The largest absolute Gasteiger partial charge is 0.315 e. The molecule has 2 nitrogen and oxygen atoms in total. The topological polar surface area (TPSA) is 15.3 Å². The maximum absolute atomic E-state index is 3.60. The molecule has 3 aliphatic rings. The first-order valence-electron chi connectivity index (χ1n) is 7.35. The number of nitrogens with zero attached hydrogens (tertiary/aromatic N) is 1. The second-order valence-electron chi connectivity index (χ2n) is 6.20. The first kappa shape index (κ1) is 11.0. The number of nitrogens with one attached hydrogen (secondary N) is 1. The van der Waals surface area contributed by atoms with E-state index in [1.165, 1.54) is 77.5 Å². The second-order valence-corrected chi connectivity index (χ2v) is 6.20. The highest BCUT2D eigenvalue weighted by molar-refractivity contribution is 5.03. The average Bonchev–Trinajstić information content (AvgIpc) is 2.37. The van der Waals surface area contributed by atoms with Crippen LogP contribution in [-0.2, 0) is 0 Å². The van der Waals surface area contributed by atoms with Gasteiger partial charge in [0.15, 0.2) is 0 Å². The van der Waals surface area contributed by atoms with Crippen LogP contribution in [0.4, 0.5) is 0 Å². The van der Waals surface area contributed by atoms with Crippen molar-refractivity contribution in [3.63, 3.8) is 0 Å². The average molecular weight is 222 g/mol. The Bertz CT molecular complexity index is 227. The lowest BCUT2D eigenvalue weighted by Gasteiger charge is -2.56. The van der Waals surface area contributed by atoms with E-state index in [1.807, 2.05) is 0 Å². The van der Waals surface area contributed by atoms with Crippen LogP contribution in [0, 0.1) is 5.92 Å². The zero-order chi connectivity index (χ0) is 10.8. The van der Waals surface area contributed by atoms with Crippen LogP contribution >= 0.6 is 0 Å². The summed E-state index contributed by atoms with van der Waals surface area (Å²) in [7, 11) is 0. The third-order valence-electron chi connectivity index (χ3n) is 5.17. The summed E-state index contributed by atoms with van der Waals surface area (Å²) in [6.45, 7) is 5.29. The third-order valence-corrected chi connectivity index (χ3v) is 5.17. The summed E-state index contributed by atoms with van der Waals surface area (Å²) in [5.41, 5.74) is 0.593. The zero-order valence-corrected chi connectivity index (χ0v) is 10.5. The van der Waals surface area contributed by atoms with Gasteiger partial charge in [-0.15, -0.1) is 0 Å². The Morgan fingerprint density at radius 3 is 2.56 bits per heavy atom. The number of piperidine rings is 1. The molecule has 2 heterocycles. The summed E-state index contributed by atoms with van der Waals surface area (Å²) in [4.78, 5) is 2.81. The summed E-state index contributed by atoms with van der Waals surface area (Å²) < 4.78 is 0. The number of hydrogen-bond acceptors (Lipinski definition) is 2. The van der Waals surface area contributed by atoms with Crippen LogP contribution in [-0.4, -0.2) is 36.6 Å². The highest BCUT2D eigenvalue weighted by Gasteiger charge is 2.45. The van der Waals surface area contributed by atoms with Crippen LogP contribution in [0.1, 0.15) is 51.4 Å². The maximum atomic E-state index is 3.60. The van der Waals surface area contributed by atoms with E-state index < -0.39 is 0 Å². The number of hydrogen-bond donors (Lipinski definition) is 1. The van der Waals surface area contributed by atoms with E-state index in [4.69, 9.17) is 0 Å². The highest BCUT2D eigenvalue weighted by atomic mass is 15.3. The molecule has 1 N–H and O–H groups in total. The Labute approximate surface area is 99.8 Å². The Hall–Kier alpha value is -0.0800. The van der Waals surface area contributed by atoms with Gasteiger partial charge in [0.2, 0.25) is 0 Å². The predicted molar refractivity (Wildman–Crippen MR) is 67.6 cm³/mol. The zero-order valence-electron chi connectivity index (χ0n) is 10.5.